The summed E-state index contributed by atoms with van der Waals surface area (Å²) < 4.78 is 97.9. The van der Waals surface area contributed by atoms with Gasteiger partial charge < -0.3 is 14.6 Å². The van der Waals surface area contributed by atoms with Crippen molar-refractivity contribution in [2.24, 2.45) is 11.3 Å². The van der Waals surface area contributed by atoms with Gasteiger partial charge in [0.05, 0.1) is 6.10 Å². The van der Waals surface area contributed by atoms with Crippen molar-refractivity contribution < 1.29 is 54.9 Å². The molecule has 12 heteroatoms. The molecule has 1 heterocycles. The smallest absolute Gasteiger partial charge is 0.458 e. The molecule has 0 radical (unpaired) electrons. The van der Waals surface area contributed by atoms with E-state index in [0.717, 1.165) is 0 Å². The maximum absolute atomic E-state index is 13.4. The summed E-state index contributed by atoms with van der Waals surface area (Å²) in [6, 6.07) is 0. The fourth-order valence-electron chi connectivity index (χ4n) is 3.13. The molecule has 1 N–H and O–H groups in total. The molecule has 0 aliphatic carbocycles. The molecule has 1 rings (SSSR count). The average Bonchev–Trinajstić information content (AvgIpc) is 2.84. The zero-order valence-corrected chi connectivity index (χ0v) is 14.6. The molecule has 0 amide bonds. The Morgan fingerprint density at radius 3 is 2.11 bits per heavy atom. The number of halogens is 7. The van der Waals surface area contributed by atoms with Gasteiger partial charge in [-0.05, 0) is 19.8 Å². The van der Waals surface area contributed by atoms with Crippen LogP contribution in [0.2, 0.25) is 0 Å². The van der Waals surface area contributed by atoms with Gasteiger partial charge in [-0.15, -0.1) is 0 Å². The van der Waals surface area contributed by atoms with Crippen LogP contribution >= 0.6 is 0 Å². The van der Waals surface area contributed by atoms with E-state index in [0.29, 0.717) is 0 Å². The Kier molecular flexibility index (Phi) is 6.46. The van der Waals surface area contributed by atoms with Gasteiger partial charge in [-0.1, -0.05) is 13.8 Å². The van der Waals surface area contributed by atoms with E-state index in [-0.39, 0.29) is 12.8 Å². The van der Waals surface area contributed by atoms with Crippen molar-refractivity contribution in [3.8, 4) is 0 Å². The van der Waals surface area contributed by atoms with Crippen molar-refractivity contribution in [3.63, 3.8) is 0 Å². The molecular formula is C15H19F7O5. The van der Waals surface area contributed by atoms with E-state index in [2.05, 4.69) is 4.74 Å². The highest BCUT2D eigenvalue weighted by Gasteiger charge is 2.74. The summed E-state index contributed by atoms with van der Waals surface area (Å²) in [6.45, 7) is 1.45. The minimum Gasteiger partial charge on any atom is -0.458 e. The number of cyclic esters (lactones) is 1. The Morgan fingerprint density at radius 1 is 1.22 bits per heavy atom. The van der Waals surface area contributed by atoms with Gasteiger partial charge in [-0.25, -0.2) is 0 Å². The Morgan fingerprint density at radius 2 is 1.74 bits per heavy atom. The molecular weight excluding hydrogens is 393 g/mol. The fourth-order valence-corrected chi connectivity index (χ4v) is 3.13. The van der Waals surface area contributed by atoms with Crippen LogP contribution in [-0.4, -0.2) is 53.9 Å². The van der Waals surface area contributed by atoms with Crippen LogP contribution in [-0.2, 0) is 19.1 Å². The maximum Gasteiger partial charge on any atom is 0.460 e. The van der Waals surface area contributed by atoms with E-state index in [4.69, 9.17) is 4.74 Å². The lowest BCUT2D eigenvalue weighted by atomic mass is 9.70. The predicted molar refractivity (Wildman–Crippen MR) is 75.0 cm³/mol. The first-order valence-corrected chi connectivity index (χ1v) is 7.98. The topological polar surface area (TPSA) is 72.8 Å². The second-order valence-corrected chi connectivity index (χ2v) is 6.30. The minimum atomic E-state index is -6.57. The van der Waals surface area contributed by atoms with Crippen LogP contribution in [0.1, 0.15) is 33.6 Å². The SMILES string of the molecule is CCC1C(C(C)O)OC(=O)C1(CC)C(=O)OCC(F)(F)C(F)(F)C(F)(F)F. The zero-order valence-electron chi connectivity index (χ0n) is 14.6. The van der Waals surface area contributed by atoms with E-state index in [1.54, 1.807) is 0 Å². The van der Waals surface area contributed by atoms with E-state index in [1.165, 1.54) is 20.8 Å². The fraction of sp³-hybridized carbons (Fsp3) is 0.867. The monoisotopic (exact) mass is 412 g/mol. The molecule has 0 aromatic carbocycles. The molecule has 1 aliphatic heterocycles. The van der Waals surface area contributed by atoms with Crippen molar-refractivity contribution in [2.75, 3.05) is 6.61 Å². The van der Waals surface area contributed by atoms with Crippen LogP contribution in [0.3, 0.4) is 0 Å². The van der Waals surface area contributed by atoms with Crippen molar-refractivity contribution in [2.45, 2.75) is 63.8 Å². The summed E-state index contributed by atoms with van der Waals surface area (Å²) in [5, 5.41) is 9.66. The van der Waals surface area contributed by atoms with Crippen molar-refractivity contribution in [3.05, 3.63) is 0 Å². The molecule has 4 atom stereocenters. The Bertz CT molecular complexity index is 575. The van der Waals surface area contributed by atoms with Crippen LogP contribution in [0.4, 0.5) is 30.7 Å². The average molecular weight is 412 g/mol. The Labute approximate surface area is 149 Å². The standard InChI is InChI=1S/C15H19F7O5/c1-4-8-9(7(3)23)27-11(25)12(8,5-2)10(24)26-6-13(16,17)14(18,19)15(20,21)22/h7-9,23H,4-6H2,1-3H3. The number of esters is 2. The molecule has 1 fully saturated rings. The lowest BCUT2D eigenvalue weighted by Gasteiger charge is -2.31. The summed E-state index contributed by atoms with van der Waals surface area (Å²) in [5.41, 5.74) is -2.19. The van der Waals surface area contributed by atoms with Crippen molar-refractivity contribution in [1.29, 1.82) is 0 Å². The first-order valence-electron chi connectivity index (χ1n) is 7.98. The number of hydrogen-bond donors (Lipinski definition) is 1. The highest BCUT2D eigenvalue weighted by atomic mass is 19.4. The van der Waals surface area contributed by atoms with Crippen molar-refractivity contribution >= 4 is 11.9 Å². The predicted octanol–water partition coefficient (Wildman–Crippen LogP) is 3.09. The Hall–Kier alpha value is -1.59. The molecule has 158 valence electrons. The number of carbonyl (C=O) groups is 2. The van der Waals surface area contributed by atoms with Gasteiger partial charge in [0.2, 0.25) is 0 Å². The van der Waals surface area contributed by atoms with E-state index < -0.39 is 60.1 Å². The van der Waals surface area contributed by atoms with Crippen LogP contribution in [0.25, 0.3) is 0 Å². The maximum atomic E-state index is 13.4. The number of aliphatic hydroxyl groups excluding tert-OH is 1. The minimum absolute atomic E-state index is 0.0410. The van der Waals surface area contributed by atoms with Crippen LogP contribution < -0.4 is 0 Å². The first-order chi connectivity index (χ1) is 12.1. The summed E-state index contributed by atoms with van der Waals surface area (Å²) in [5.74, 6) is -16.2. The van der Waals surface area contributed by atoms with Gasteiger partial charge in [0, 0.05) is 5.92 Å². The number of alkyl halides is 7. The summed E-state index contributed by atoms with van der Waals surface area (Å²) in [7, 11) is 0. The molecule has 5 nitrogen and oxygen atoms in total. The molecule has 0 aromatic heterocycles. The van der Waals surface area contributed by atoms with E-state index in [9.17, 15) is 45.4 Å². The molecule has 4 unspecified atom stereocenters. The molecule has 1 aliphatic rings. The number of rotatable bonds is 7. The molecule has 0 spiro atoms. The zero-order chi connectivity index (χ0) is 21.4. The molecule has 0 aromatic rings. The third-order valence-electron chi connectivity index (χ3n) is 4.67. The normalized spacial score (nSPS) is 28.0. The second-order valence-electron chi connectivity index (χ2n) is 6.30. The lowest BCUT2D eigenvalue weighted by Crippen LogP contribution is -2.55. The molecule has 0 bridgehead atoms. The first kappa shape index (κ1) is 23.4. The number of carbonyl (C=O) groups excluding carboxylic acids is 2. The van der Waals surface area contributed by atoms with Gasteiger partial charge in [-0.2, -0.15) is 30.7 Å². The summed E-state index contributed by atoms with van der Waals surface area (Å²) in [6.07, 6.45) is -9.31. The second kappa shape index (κ2) is 7.44. The highest BCUT2D eigenvalue weighted by Crippen LogP contribution is 2.49. The van der Waals surface area contributed by atoms with Crippen LogP contribution in [0.15, 0.2) is 0 Å². The summed E-state index contributed by atoms with van der Waals surface area (Å²) >= 11 is 0. The number of aliphatic hydroxyl groups is 1. The lowest BCUT2D eigenvalue weighted by molar-refractivity contribution is -0.360. The molecule has 1 saturated heterocycles. The van der Waals surface area contributed by atoms with Crippen LogP contribution in [0, 0.1) is 11.3 Å². The van der Waals surface area contributed by atoms with Gasteiger partial charge in [0.15, 0.2) is 12.0 Å². The molecule has 27 heavy (non-hydrogen) atoms. The van der Waals surface area contributed by atoms with E-state index >= 15 is 0 Å². The summed E-state index contributed by atoms with van der Waals surface area (Å²) in [4.78, 5) is 24.5. The number of ether oxygens (including phenoxy) is 2. The van der Waals surface area contributed by atoms with E-state index in [1.807, 2.05) is 0 Å². The quantitative estimate of drug-likeness (QED) is 0.395. The third kappa shape index (κ3) is 3.72. The third-order valence-corrected chi connectivity index (χ3v) is 4.67. The highest BCUT2D eigenvalue weighted by molar-refractivity contribution is 6.02. The van der Waals surface area contributed by atoms with Gasteiger partial charge in [0.1, 0.15) is 6.10 Å². The Balaban J connectivity index is 3.11. The largest absolute Gasteiger partial charge is 0.460 e. The van der Waals surface area contributed by atoms with Crippen LogP contribution in [0.5, 0.6) is 0 Å². The van der Waals surface area contributed by atoms with Gasteiger partial charge >= 0.3 is 30.0 Å². The van der Waals surface area contributed by atoms with Gasteiger partial charge in [-0.3, -0.25) is 9.59 Å². The van der Waals surface area contributed by atoms with Crippen molar-refractivity contribution in [1.82, 2.24) is 0 Å². The molecule has 0 saturated carbocycles. The number of hydrogen-bond acceptors (Lipinski definition) is 5. The van der Waals surface area contributed by atoms with Gasteiger partial charge in [0.25, 0.3) is 0 Å².